The number of benzene rings is 2. The molecule has 1 aliphatic rings. The molecule has 0 spiro atoms. The van der Waals surface area contributed by atoms with Crippen LogP contribution in [0, 0.1) is 0 Å². The van der Waals surface area contributed by atoms with Gasteiger partial charge in [0.1, 0.15) is 24.2 Å². The first-order valence-electron chi connectivity index (χ1n) is 8.63. The Morgan fingerprint density at radius 3 is 2.22 bits per heavy atom. The lowest BCUT2D eigenvalue weighted by molar-refractivity contribution is 0.481. The third-order valence-corrected chi connectivity index (χ3v) is 6.94. The maximum atomic E-state index is 13.0. The number of quaternary nitrogens is 1. The summed E-state index contributed by atoms with van der Waals surface area (Å²) in [6, 6.07) is 14.1. The molecule has 1 atom stereocenters. The molecule has 0 radical (unpaired) electrons. The van der Waals surface area contributed by atoms with Gasteiger partial charge in [0.15, 0.2) is 5.69 Å². The lowest BCUT2D eigenvalue weighted by Gasteiger charge is -2.34. The van der Waals surface area contributed by atoms with Crippen LogP contribution in [0.4, 0.5) is 5.69 Å². The lowest BCUT2D eigenvalue weighted by atomic mass is 10.2. The van der Waals surface area contributed by atoms with Crippen molar-refractivity contribution < 1.29 is 13.2 Å². The van der Waals surface area contributed by atoms with Gasteiger partial charge in [0.05, 0.1) is 5.75 Å². The van der Waals surface area contributed by atoms with Crippen LogP contribution in [0.3, 0.4) is 0 Å². The minimum Gasteiger partial charge on any atom is -0.457 e. The summed E-state index contributed by atoms with van der Waals surface area (Å²) in [7, 11) is -3.46. The van der Waals surface area contributed by atoms with Gasteiger partial charge in [-0.25, -0.2) is 0 Å². The molecule has 0 amide bonds. The number of ether oxygens (including phenoxy) is 1. The van der Waals surface area contributed by atoms with Crippen LogP contribution in [0.2, 0.25) is 5.02 Å². The minimum absolute atomic E-state index is 0.0260. The van der Waals surface area contributed by atoms with E-state index in [0.29, 0.717) is 28.8 Å². The van der Waals surface area contributed by atoms with Gasteiger partial charge in [-0.2, -0.15) is 12.3 Å². The molecule has 1 aliphatic heterocycles. The van der Waals surface area contributed by atoms with E-state index in [9.17, 15) is 8.42 Å². The monoisotopic (exact) mass is 405 g/mol. The highest BCUT2D eigenvalue weighted by atomic mass is 35.5. The summed E-state index contributed by atoms with van der Waals surface area (Å²) < 4.78 is 31.4. The Morgan fingerprint density at radius 2 is 1.67 bits per heavy atom. The molecule has 1 unspecified atom stereocenters. The highest BCUT2D eigenvalue weighted by molar-refractivity contribution is 7.91. The Bertz CT molecular complexity index is 967. The van der Waals surface area contributed by atoms with E-state index < -0.39 is 10.0 Å². The zero-order chi connectivity index (χ0) is 19.5. The van der Waals surface area contributed by atoms with E-state index in [4.69, 9.17) is 22.1 Å². The predicted octanol–water partition coefficient (Wildman–Crippen LogP) is 4.20. The van der Waals surface area contributed by atoms with Crippen molar-refractivity contribution in [2.75, 3.05) is 18.8 Å². The van der Waals surface area contributed by atoms with E-state index in [0.717, 1.165) is 5.57 Å². The Balaban J connectivity index is 1.96. The number of nitrogens with two attached hydrogens (primary N) is 1. The first-order chi connectivity index (χ1) is 12.9. The Labute approximate surface area is 165 Å². The van der Waals surface area contributed by atoms with Gasteiger partial charge in [0.25, 0.3) is 0 Å². The van der Waals surface area contributed by atoms with Crippen molar-refractivity contribution in [3.05, 3.63) is 77.5 Å². The normalized spacial score (nSPS) is 19.6. The second-order valence-electron chi connectivity index (χ2n) is 6.21. The summed E-state index contributed by atoms with van der Waals surface area (Å²) >= 11 is 5.88. The van der Waals surface area contributed by atoms with Gasteiger partial charge in [0, 0.05) is 29.3 Å². The summed E-state index contributed by atoms with van der Waals surface area (Å²) in [6.45, 7) is 2.27. The van der Waals surface area contributed by atoms with Crippen LogP contribution in [-0.4, -0.2) is 27.3 Å². The molecule has 2 aromatic rings. The number of sulfonamides is 1. The van der Waals surface area contributed by atoms with Crippen molar-refractivity contribution in [3.8, 4) is 11.5 Å². The smallest absolute Gasteiger partial charge is 0.306 e. The SMILES string of the molecule is CCS(=O)(=O)[N+]1(c2ccc(Oc3ccc(Cl)cc3)cc2)C=C(CN)C=CC1. The van der Waals surface area contributed by atoms with Crippen LogP contribution >= 0.6 is 11.6 Å². The molecule has 5 nitrogen and oxygen atoms in total. The largest absolute Gasteiger partial charge is 0.457 e. The van der Waals surface area contributed by atoms with E-state index in [-0.39, 0.29) is 16.2 Å². The molecule has 0 fully saturated rings. The standard InChI is InChI=1S/C20H22ClN2O3S/c1-2-27(24,25)23(13-3-4-16(14-22)15-23)18-7-11-20(12-8-18)26-19-9-5-17(21)6-10-19/h3-12,15H,2,13-14,22H2,1H3/q+1. The molecular formula is C20H22ClN2O3S+. The van der Waals surface area contributed by atoms with Crippen molar-refractivity contribution in [1.29, 1.82) is 0 Å². The van der Waals surface area contributed by atoms with Crippen molar-refractivity contribution >= 4 is 27.3 Å². The van der Waals surface area contributed by atoms with Gasteiger partial charge in [-0.15, -0.1) is 0 Å². The zero-order valence-electron chi connectivity index (χ0n) is 15.0. The average molecular weight is 406 g/mol. The average Bonchev–Trinajstić information content (AvgIpc) is 2.70. The van der Waals surface area contributed by atoms with Gasteiger partial charge < -0.3 is 10.5 Å². The van der Waals surface area contributed by atoms with Gasteiger partial charge in [-0.05, 0) is 49.4 Å². The summed E-state index contributed by atoms with van der Waals surface area (Å²) in [6.07, 6.45) is 5.46. The van der Waals surface area contributed by atoms with Crippen molar-refractivity contribution in [2.24, 2.45) is 5.73 Å². The maximum Gasteiger partial charge on any atom is 0.306 e. The number of halogens is 1. The highest BCUT2D eigenvalue weighted by Gasteiger charge is 2.42. The summed E-state index contributed by atoms with van der Waals surface area (Å²) in [5.74, 6) is 1.30. The second-order valence-corrected chi connectivity index (χ2v) is 9.04. The molecule has 2 aromatic carbocycles. The van der Waals surface area contributed by atoms with Crippen molar-refractivity contribution in [2.45, 2.75) is 6.92 Å². The second kappa shape index (κ2) is 7.86. The molecule has 0 saturated heterocycles. The number of hydrogen-bond acceptors (Lipinski definition) is 4. The fourth-order valence-corrected chi connectivity index (χ4v) is 4.65. The molecule has 0 saturated carbocycles. The lowest BCUT2D eigenvalue weighted by Crippen LogP contribution is -2.51. The number of hydrogen-bond donors (Lipinski definition) is 1. The molecule has 1 heterocycles. The predicted molar refractivity (Wildman–Crippen MR) is 110 cm³/mol. The highest BCUT2D eigenvalue weighted by Crippen LogP contribution is 2.34. The fourth-order valence-electron chi connectivity index (χ4n) is 3.02. The summed E-state index contributed by atoms with van der Waals surface area (Å²) in [5.41, 5.74) is 7.19. The summed E-state index contributed by atoms with van der Waals surface area (Å²) in [4.78, 5) is 0. The third kappa shape index (κ3) is 3.94. The van der Waals surface area contributed by atoms with Crippen molar-refractivity contribution in [3.63, 3.8) is 0 Å². The van der Waals surface area contributed by atoms with E-state index in [1.54, 1.807) is 61.7 Å². The van der Waals surface area contributed by atoms with Crippen molar-refractivity contribution in [1.82, 2.24) is 3.89 Å². The minimum atomic E-state index is -3.46. The van der Waals surface area contributed by atoms with Crippen LogP contribution < -0.4 is 14.4 Å². The van der Waals surface area contributed by atoms with Crippen LogP contribution in [0.5, 0.6) is 11.5 Å². The molecule has 3 rings (SSSR count). The van der Waals surface area contributed by atoms with Crippen LogP contribution in [0.15, 0.2) is 72.5 Å². The van der Waals surface area contributed by atoms with E-state index >= 15 is 0 Å². The fraction of sp³-hybridized carbons (Fsp3) is 0.200. The van der Waals surface area contributed by atoms with Crippen LogP contribution in [-0.2, 0) is 10.0 Å². The van der Waals surface area contributed by atoms with Gasteiger partial charge in [-0.1, -0.05) is 17.7 Å². The Kier molecular flexibility index (Phi) is 5.72. The number of rotatable bonds is 6. The molecule has 142 valence electrons. The summed E-state index contributed by atoms with van der Waals surface area (Å²) in [5, 5.41) is 0.634. The van der Waals surface area contributed by atoms with Crippen LogP contribution in [0.25, 0.3) is 0 Å². The molecule has 27 heavy (non-hydrogen) atoms. The molecule has 0 bridgehead atoms. The maximum absolute atomic E-state index is 13.0. The first kappa shape index (κ1) is 19.6. The van der Waals surface area contributed by atoms with Gasteiger partial charge in [-0.3, -0.25) is 0 Å². The molecule has 7 heteroatoms. The molecule has 0 aromatic heterocycles. The molecular weight excluding hydrogens is 384 g/mol. The topological polar surface area (TPSA) is 69.4 Å². The zero-order valence-corrected chi connectivity index (χ0v) is 16.6. The first-order valence-corrected chi connectivity index (χ1v) is 10.6. The van der Waals surface area contributed by atoms with E-state index in [1.165, 1.54) is 0 Å². The van der Waals surface area contributed by atoms with Crippen LogP contribution in [0.1, 0.15) is 6.92 Å². The van der Waals surface area contributed by atoms with E-state index in [2.05, 4.69) is 0 Å². The van der Waals surface area contributed by atoms with Gasteiger partial charge >= 0.3 is 10.0 Å². The molecule has 2 N–H and O–H groups in total. The molecule has 0 aliphatic carbocycles. The Hall–Kier alpha value is -2.12. The third-order valence-electron chi connectivity index (χ3n) is 4.50. The quantitative estimate of drug-likeness (QED) is 0.731. The Morgan fingerprint density at radius 1 is 1.07 bits per heavy atom. The van der Waals surface area contributed by atoms with Gasteiger partial charge in [0.2, 0.25) is 0 Å². The number of nitrogens with zero attached hydrogens (tertiary/aromatic N) is 1. The van der Waals surface area contributed by atoms with E-state index in [1.807, 2.05) is 12.2 Å².